The third kappa shape index (κ3) is 3.00. The molecule has 0 bridgehead atoms. The van der Waals surface area contributed by atoms with Gasteiger partial charge in [0.15, 0.2) is 0 Å². The van der Waals surface area contributed by atoms with Crippen molar-refractivity contribution in [3.8, 4) is 5.75 Å². The van der Waals surface area contributed by atoms with Gasteiger partial charge < -0.3 is 15.7 Å². The number of carbonyl (C=O) groups excluding carboxylic acids is 2. The highest BCUT2D eigenvalue weighted by molar-refractivity contribution is 5.88. The Hall–Kier alpha value is -2.04. The zero-order valence-electron chi connectivity index (χ0n) is 9.98. The van der Waals surface area contributed by atoms with Gasteiger partial charge in [-0.05, 0) is 18.9 Å². The van der Waals surface area contributed by atoms with E-state index in [1.165, 1.54) is 6.07 Å². The molecule has 96 valence electrons. The number of para-hydroxylation sites is 1. The van der Waals surface area contributed by atoms with Crippen molar-refractivity contribution < 1.29 is 14.7 Å². The summed E-state index contributed by atoms with van der Waals surface area (Å²) in [5, 5.41) is 14.9. The van der Waals surface area contributed by atoms with Crippen LogP contribution in [0, 0.1) is 0 Å². The fourth-order valence-corrected chi connectivity index (χ4v) is 1.99. The van der Waals surface area contributed by atoms with Crippen LogP contribution in [-0.4, -0.2) is 29.5 Å². The fourth-order valence-electron chi connectivity index (χ4n) is 1.99. The first-order chi connectivity index (χ1) is 8.66. The summed E-state index contributed by atoms with van der Waals surface area (Å²) in [7, 11) is 0. The molecule has 0 aliphatic carbocycles. The predicted octanol–water partition coefficient (Wildman–Crippen LogP) is 0.329. The number of phenolic OH excluding ortho intramolecular Hbond substituents is 1. The maximum absolute atomic E-state index is 11.8. The lowest BCUT2D eigenvalue weighted by atomic mass is 10.1. The van der Waals surface area contributed by atoms with Crippen molar-refractivity contribution in [2.45, 2.75) is 25.3 Å². The smallest absolute Gasteiger partial charge is 0.242 e. The molecule has 0 aromatic heterocycles. The lowest BCUT2D eigenvalue weighted by Crippen LogP contribution is -2.50. The van der Waals surface area contributed by atoms with Crippen LogP contribution in [-0.2, 0) is 16.0 Å². The second kappa shape index (κ2) is 5.53. The van der Waals surface area contributed by atoms with E-state index in [1.54, 1.807) is 18.2 Å². The van der Waals surface area contributed by atoms with E-state index < -0.39 is 6.04 Å². The second-order valence-corrected chi connectivity index (χ2v) is 4.36. The highest BCUT2D eigenvalue weighted by atomic mass is 16.3. The average Bonchev–Trinajstić information content (AvgIpc) is 2.35. The van der Waals surface area contributed by atoms with E-state index in [0.717, 1.165) is 6.42 Å². The van der Waals surface area contributed by atoms with Crippen molar-refractivity contribution in [1.82, 2.24) is 10.6 Å². The number of hydrogen-bond acceptors (Lipinski definition) is 3. The van der Waals surface area contributed by atoms with Gasteiger partial charge in [-0.15, -0.1) is 0 Å². The lowest BCUT2D eigenvalue weighted by Gasteiger charge is -2.22. The van der Waals surface area contributed by atoms with Gasteiger partial charge in [0, 0.05) is 12.1 Å². The monoisotopic (exact) mass is 248 g/mol. The number of benzene rings is 1. The summed E-state index contributed by atoms with van der Waals surface area (Å²) in [4.78, 5) is 23.3. The van der Waals surface area contributed by atoms with Crippen molar-refractivity contribution in [2.24, 2.45) is 0 Å². The number of phenols is 1. The minimum Gasteiger partial charge on any atom is -0.508 e. The lowest BCUT2D eigenvalue weighted by molar-refractivity contribution is -0.129. The summed E-state index contributed by atoms with van der Waals surface area (Å²) in [5.74, 6) is -0.286. The first-order valence-corrected chi connectivity index (χ1v) is 6.01. The molecule has 5 nitrogen and oxygen atoms in total. The summed E-state index contributed by atoms with van der Waals surface area (Å²) < 4.78 is 0. The summed E-state index contributed by atoms with van der Waals surface area (Å²) >= 11 is 0. The zero-order valence-corrected chi connectivity index (χ0v) is 9.98. The molecule has 1 aliphatic heterocycles. The molecule has 1 heterocycles. The van der Waals surface area contributed by atoms with E-state index in [1.807, 2.05) is 0 Å². The normalized spacial score (nSPS) is 19.1. The number of carbonyl (C=O) groups is 2. The topological polar surface area (TPSA) is 78.4 Å². The molecule has 1 aromatic rings. The van der Waals surface area contributed by atoms with Crippen LogP contribution < -0.4 is 10.6 Å². The van der Waals surface area contributed by atoms with Crippen LogP contribution >= 0.6 is 0 Å². The second-order valence-electron chi connectivity index (χ2n) is 4.36. The Balaban J connectivity index is 1.92. The van der Waals surface area contributed by atoms with E-state index in [4.69, 9.17) is 0 Å². The molecule has 0 spiro atoms. The van der Waals surface area contributed by atoms with E-state index in [-0.39, 0.29) is 24.0 Å². The summed E-state index contributed by atoms with van der Waals surface area (Å²) in [6, 6.07) is 6.24. The molecule has 5 heteroatoms. The minimum atomic E-state index is -0.447. The SMILES string of the molecule is O=C(Cc1ccccc1O)NC1CCCNC1=O. The van der Waals surface area contributed by atoms with Crippen LogP contribution in [0.1, 0.15) is 18.4 Å². The number of aromatic hydroxyl groups is 1. The maximum atomic E-state index is 11.8. The molecular formula is C13H16N2O3. The van der Waals surface area contributed by atoms with Gasteiger partial charge in [0.1, 0.15) is 11.8 Å². The van der Waals surface area contributed by atoms with Crippen molar-refractivity contribution >= 4 is 11.8 Å². The van der Waals surface area contributed by atoms with Gasteiger partial charge in [0.25, 0.3) is 0 Å². The highest BCUT2D eigenvalue weighted by Gasteiger charge is 2.23. The van der Waals surface area contributed by atoms with E-state index in [9.17, 15) is 14.7 Å². The van der Waals surface area contributed by atoms with E-state index in [2.05, 4.69) is 10.6 Å². The minimum absolute atomic E-state index is 0.0798. The molecule has 1 aromatic carbocycles. The first-order valence-electron chi connectivity index (χ1n) is 6.01. The molecule has 2 amide bonds. The zero-order chi connectivity index (χ0) is 13.0. The van der Waals surface area contributed by atoms with Crippen LogP contribution in [0.3, 0.4) is 0 Å². The number of rotatable bonds is 3. The highest BCUT2D eigenvalue weighted by Crippen LogP contribution is 2.16. The Labute approximate surface area is 105 Å². The van der Waals surface area contributed by atoms with Gasteiger partial charge >= 0.3 is 0 Å². The average molecular weight is 248 g/mol. The molecule has 2 rings (SSSR count). The third-order valence-electron chi connectivity index (χ3n) is 2.96. The maximum Gasteiger partial charge on any atom is 0.242 e. The number of amides is 2. The Morgan fingerprint density at radius 1 is 1.44 bits per heavy atom. The van der Waals surface area contributed by atoms with Crippen molar-refractivity contribution in [3.05, 3.63) is 29.8 Å². The summed E-state index contributed by atoms with van der Waals surface area (Å²) in [5.41, 5.74) is 0.561. The molecule has 1 saturated heterocycles. The van der Waals surface area contributed by atoms with E-state index >= 15 is 0 Å². The molecule has 0 saturated carbocycles. The fraction of sp³-hybridized carbons (Fsp3) is 0.385. The quantitative estimate of drug-likeness (QED) is 0.721. The number of hydrogen-bond donors (Lipinski definition) is 3. The molecule has 1 atom stereocenters. The Bertz CT molecular complexity index is 459. The van der Waals surface area contributed by atoms with Crippen LogP contribution in [0.15, 0.2) is 24.3 Å². The van der Waals surface area contributed by atoms with Crippen LogP contribution in [0.4, 0.5) is 0 Å². The van der Waals surface area contributed by atoms with Crippen LogP contribution in [0.5, 0.6) is 5.75 Å². The van der Waals surface area contributed by atoms with Crippen LogP contribution in [0.2, 0.25) is 0 Å². The molecule has 3 N–H and O–H groups in total. The molecule has 1 fully saturated rings. The van der Waals surface area contributed by atoms with E-state index in [0.29, 0.717) is 18.5 Å². The standard InChI is InChI=1S/C13H16N2O3/c16-11-6-2-1-4-9(11)8-12(17)15-10-5-3-7-14-13(10)18/h1-2,4,6,10,16H,3,5,7-8H2,(H,14,18)(H,15,17). The molecule has 0 radical (unpaired) electrons. The third-order valence-corrected chi connectivity index (χ3v) is 2.96. The predicted molar refractivity (Wildman–Crippen MR) is 66.0 cm³/mol. The van der Waals surface area contributed by atoms with Crippen LogP contribution in [0.25, 0.3) is 0 Å². The van der Waals surface area contributed by atoms with Gasteiger partial charge in [-0.1, -0.05) is 18.2 Å². The van der Waals surface area contributed by atoms with Crippen molar-refractivity contribution in [1.29, 1.82) is 0 Å². The molecule has 18 heavy (non-hydrogen) atoms. The Morgan fingerprint density at radius 2 is 2.22 bits per heavy atom. The number of piperidine rings is 1. The van der Waals surface area contributed by atoms with Gasteiger partial charge in [0.2, 0.25) is 11.8 Å². The van der Waals surface area contributed by atoms with Crippen molar-refractivity contribution in [3.63, 3.8) is 0 Å². The Morgan fingerprint density at radius 3 is 2.94 bits per heavy atom. The first kappa shape index (κ1) is 12.4. The van der Waals surface area contributed by atoms with Gasteiger partial charge in [0.05, 0.1) is 6.42 Å². The largest absolute Gasteiger partial charge is 0.508 e. The Kier molecular flexibility index (Phi) is 3.82. The van der Waals surface area contributed by atoms with Gasteiger partial charge in [-0.3, -0.25) is 9.59 Å². The van der Waals surface area contributed by atoms with Crippen molar-refractivity contribution in [2.75, 3.05) is 6.54 Å². The summed E-state index contributed by atoms with van der Waals surface area (Å²) in [6.45, 7) is 0.671. The molecular weight excluding hydrogens is 232 g/mol. The summed E-state index contributed by atoms with van der Waals surface area (Å²) in [6.07, 6.45) is 1.61. The van der Waals surface area contributed by atoms with Gasteiger partial charge in [-0.25, -0.2) is 0 Å². The van der Waals surface area contributed by atoms with Gasteiger partial charge in [-0.2, -0.15) is 0 Å². The molecule has 1 aliphatic rings. The molecule has 1 unspecified atom stereocenters. The number of nitrogens with one attached hydrogen (secondary N) is 2.